The lowest BCUT2D eigenvalue weighted by Gasteiger charge is -2.06. The number of nitrogens with one attached hydrogen (secondary N) is 2. The zero-order valence-corrected chi connectivity index (χ0v) is 12.8. The molecule has 4 N–H and O–H groups in total. The van der Waals surface area contributed by atoms with Crippen LogP contribution in [0.1, 0.15) is 0 Å². The van der Waals surface area contributed by atoms with Crippen molar-refractivity contribution >= 4 is 42.2 Å². The summed E-state index contributed by atoms with van der Waals surface area (Å²) in [5, 5.41) is 1.49. The van der Waals surface area contributed by atoms with E-state index in [9.17, 15) is 16.8 Å². The van der Waals surface area contributed by atoms with Gasteiger partial charge in [0, 0.05) is 18.1 Å². The summed E-state index contributed by atoms with van der Waals surface area (Å²) in [6.45, 7) is -0.262. The van der Waals surface area contributed by atoms with Crippen LogP contribution in [0.4, 0.5) is 5.82 Å². The summed E-state index contributed by atoms with van der Waals surface area (Å²) in [4.78, 5) is 4.37. The summed E-state index contributed by atoms with van der Waals surface area (Å²) >= 11 is 1.24. The average molecular weight is 339 g/mol. The van der Waals surface area contributed by atoms with Crippen LogP contribution in [0.25, 0.3) is 4.96 Å². The quantitative estimate of drug-likeness (QED) is 0.605. The fraction of sp³-hybridized carbons (Fsp3) is 0.375. The summed E-state index contributed by atoms with van der Waals surface area (Å²) in [5.74, 6) is -0.491. The normalized spacial score (nSPS) is 13.1. The molecular formula is C8H13N5O4S3. The summed E-state index contributed by atoms with van der Waals surface area (Å²) in [6, 6.07) is 0. The molecule has 0 aliphatic carbocycles. The molecule has 0 saturated carbocycles. The maximum atomic E-state index is 12.1. The van der Waals surface area contributed by atoms with E-state index in [0.717, 1.165) is 0 Å². The Morgan fingerprint density at radius 1 is 1.40 bits per heavy atom. The van der Waals surface area contributed by atoms with Crippen molar-refractivity contribution in [2.24, 2.45) is 0 Å². The number of sulfonamides is 2. The fourth-order valence-corrected chi connectivity index (χ4v) is 4.25. The van der Waals surface area contributed by atoms with Gasteiger partial charge >= 0.3 is 0 Å². The minimum absolute atomic E-state index is 0.124. The average Bonchev–Trinajstić information content (AvgIpc) is 2.87. The molecule has 0 aromatic carbocycles. The van der Waals surface area contributed by atoms with E-state index in [4.69, 9.17) is 5.73 Å². The van der Waals surface area contributed by atoms with Gasteiger partial charge in [-0.15, -0.1) is 11.3 Å². The van der Waals surface area contributed by atoms with Crippen molar-refractivity contribution in [3.8, 4) is 0 Å². The van der Waals surface area contributed by atoms with Gasteiger partial charge in [-0.2, -0.15) is 0 Å². The molecule has 2 heterocycles. The van der Waals surface area contributed by atoms with Crippen LogP contribution in [0.5, 0.6) is 0 Å². The standard InChI is InChI=1S/C8H13N5O4S3/c1-10-19(14,15)5-2-11-20(16,17)7-6(9)12-8-13(7)3-4-18-8/h3-4,10-11H,2,5,9H2,1H3. The molecule has 0 aliphatic rings. The van der Waals surface area contributed by atoms with Gasteiger partial charge < -0.3 is 5.73 Å². The van der Waals surface area contributed by atoms with Crippen molar-refractivity contribution in [2.75, 3.05) is 25.1 Å². The Labute approximate surface area is 119 Å². The zero-order valence-electron chi connectivity index (χ0n) is 10.4. The second-order valence-corrected chi connectivity index (χ2v) is 8.38. The predicted octanol–water partition coefficient (Wildman–Crippen LogP) is -1.19. The van der Waals surface area contributed by atoms with E-state index in [1.54, 1.807) is 5.38 Å². The Kier molecular flexibility index (Phi) is 4.02. The molecule has 0 atom stereocenters. The highest BCUT2D eigenvalue weighted by molar-refractivity contribution is 7.90. The topological polar surface area (TPSA) is 136 Å². The van der Waals surface area contributed by atoms with Gasteiger partial charge in [0.1, 0.15) is 0 Å². The van der Waals surface area contributed by atoms with Crippen molar-refractivity contribution < 1.29 is 16.8 Å². The molecule has 0 amide bonds. The third kappa shape index (κ3) is 2.93. The summed E-state index contributed by atoms with van der Waals surface area (Å²) < 4.78 is 52.4. The highest BCUT2D eigenvalue weighted by atomic mass is 32.2. The highest BCUT2D eigenvalue weighted by Crippen LogP contribution is 2.22. The van der Waals surface area contributed by atoms with Gasteiger partial charge in [-0.3, -0.25) is 4.40 Å². The van der Waals surface area contributed by atoms with E-state index in [-0.39, 0.29) is 23.1 Å². The Morgan fingerprint density at radius 3 is 2.75 bits per heavy atom. The van der Waals surface area contributed by atoms with Crippen molar-refractivity contribution in [2.45, 2.75) is 5.03 Å². The van der Waals surface area contributed by atoms with Crippen LogP contribution in [-0.2, 0) is 20.0 Å². The van der Waals surface area contributed by atoms with Gasteiger partial charge in [-0.25, -0.2) is 31.3 Å². The Hall–Kier alpha value is -1.21. The molecule has 0 spiro atoms. The minimum atomic E-state index is -3.93. The molecule has 12 heteroatoms. The first-order valence-electron chi connectivity index (χ1n) is 5.39. The number of hydrogen-bond donors (Lipinski definition) is 3. The van der Waals surface area contributed by atoms with E-state index in [2.05, 4.69) is 14.4 Å². The van der Waals surface area contributed by atoms with Gasteiger partial charge in [-0.05, 0) is 7.05 Å². The van der Waals surface area contributed by atoms with Gasteiger partial charge in [0.25, 0.3) is 10.0 Å². The number of nitrogens with zero attached hydrogens (tertiary/aromatic N) is 2. The number of thiazole rings is 1. The van der Waals surface area contributed by atoms with Crippen LogP contribution in [0.15, 0.2) is 16.6 Å². The first-order chi connectivity index (χ1) is 9.27. The number of fused-ring (bicyclic) bond motifs is 1. The molecule has 0 unspecified atom stereocenters. The van der Waals surface area contributed by atoms with Crippen molar-refractivity contribution in [3.05, 3.63) is 11.6 Å². The van der Waals surface area contributed by atoms with Gasteiger partial charge in [0.2, 0.25) is 10.0 Å². The minimum Gasteiger partial charge on any atom is -0.381 e. The molecule has 0 saturated heterocycles. The number of imidazole rings is 1. The lowest BCUT2D eigenvalue weighted by Crippen LogP contribution is -2.33. The van der Waals surface area contributed by atoms with Crippen LogP contribution < -0.4 is 15.2 Å². The predicted molar refractivity (Wildman–Crippen MR) is 75.5 cm³/mol. The number of nitrogens with two attached hydrogens (primary N) is 1. The third-order valence-corrected chi connectivity index (χ3v) is 6.09. The van der Waals surface area contributed by atoms with Crippen molar-refractivity contribution in [3.63, 3.8) is 0 Å². The second kappa shape index (κ2) is 5.29. The van der Waals surface area contributed by atoms with Crippen LogP contribution in [0.3, 0.4) is 0 Å². The van der Waals surface area contributed by atoms with E-state index >= 15 is 0 Å². The van der Waals surface area contributed by atoms with Gasteiger partial charge in [-0.1, -0.05) is 0 Å². The number of aromatic nitrogens is 2. The monoisotopic (exact) mass is 339 g/mol. The molecule has 0 aliphatic heterocycles. The number of nitrogen functional groups attached to an aromatic ring is 1. The van der Waals surface area contributed by atoms with Crippen molar-refractivity contribution in [1.29, 1.82) is 0 Å². The van der Waals surface area contributed by atoms with Crippen LogP contribution in [0.2, 0.25) is 0 Å². The third-order valence-electron chi connectivity index (χ3n) is 2.47. The largest absolute Gasteiger partial charge is 0.381 e. The van der Waals surface area contributed by atoms with E-state index < -0.39 is 20.0 Å². The maximum Gasteiger partial charge on any atom is 0.260 e. The molecule has 0 fully saturated rings. The van der Waals surface area contributed by atoms with E-state index in [1.165, 1.54) is 29.0 Å². The molecular weight excluding hydrogens is 326 g/mol. The van der Waals surface area contributed by atoms with Crippen LogP contribution in [0, 0.1) is 0 Å². The smallest absolute Gasteiger partial charge is 0.260 e. The Balaban J connectivity index is 2.23. The Bertz CT molecular complexity index is 820. The van der Waals surface area contributed by atoms with E-state index in [1.807, 2.05) is 0 Å². The number of rotatable bonds is 6. The van der Waals surface area contributed by atoms with E-state index in [0.29, 0.717) is 4.96 Å². The molecule has 0 radical (unpaired) electrons. The lowest BCUT2D eigenvalue weighted by molar-refractivity contribution is 0.575. The molecule has 112 valence electrons. The summed E-state index contributed by atoms with van der Waals surface area (Å²) in [5.41, 5.74) is 5.59. The van der Waals surface area contributed by atoms with Crippen molar-refractivity contribution in [1.82, 2.24) is 18.8 Å². The van der Waals surface area contributed by atoms with Crippen LogP contribution >= 0.6 is 11.3 Å². The maximum absolute atomic E-state index is 12.1. The number of anilines is 1. The lowest BCUT2D eigenvalue weighted by atomic mass is 10.8. The Morgan fingerprint density at radius 2 is 2.10 bits per heavy atom. The fourth-order valence-electron chi connectivity index (χ4n) is 1.53. The highest BCUT2D eigenvalue weighted by Gasteiger charge is 2.24. The van der Waals surface area contributed by atoms with Gasteiger partial charge in [0.05, 0.1) is 5.75 Å². The molecule has 2 aromatic rings. The first-order valence-corrected chi connectivity index (χ1v) is 9.40. The SMILES string of the molecule is CNS(=O)(=O)CCNS(=O)(=O)c1c(N)nc2sccn12. The second-order valence-electron chi connectivity index (χ2n) is 3.78. The molecule has 9 nitrogen and oxygen atoms in total. The summed E-state index contributed by atoms with van der Waals surface area (Å²) in [6.07, 6.45) is 1.53. The molecule has 2 aromatic heterocycles. The summed E-state index contributed by atoms with van der Waals surface area (Å²) in [7, 11) is -6.16. The first kappa shape index (κ1) is 15.2. The molecule has 2 rings (SSSR count). The van der Waals surface area contributed by atoms with Crippen LogP contribution in [-0.4, -0.2) is 45.6 Å². The van der Waals surface area contributed by atoms with Gasteiger partial charge in [0.15, 0.2) is 15.8 Å². The molecule has 0 bridgehead atoms. The number of hydrogen-bond acceptors (Lipinski definition) is 7. The zero-order chi connectivity index (χ0) is 15.0. The molecule has 20 heavy (non-hydrogen) atoms.